The molecule has 0 spiro atoms. The van der Waals surface area contributed by atoms with Gasteiger partial charge < -0.3 is 33.3 Å². The Morgan fingerprint density at radius 3 is 2.04 bits per heavy atom. The van der Waals surface area contributed by atoms with Crippen molar-refractivity contribution >= 4 is 22.6 Å². The maximum Gasteiger partial charge on any atom is 0.150 e. The molecule has 3 aromatic carbocycles. The van der Waals surface area contributed by atoms with Gasteiger partial charge in [0.15, 0.2) is 5.75 Å². The number of halogens is 1. The van der Waals surface area contributed by atoms with Crippen molar-refractivity contribution in [2.24, 2.45) is 0 Å². The Balaban J connectivity index is 1.50. The van der Waals surface area contributed by atoms with Crippen molar-refractivity contribution in [2.75, 3.05) is 59.1 Å². The van der Waals surface area contributed by atoms with E-state index in [0.717, 1.165) is 134 Å². The second-order valence-corrected chi connectivity index (χ2v) is 14.2. The van der Waals surface area contributed by atoms with Crippen LogP contribution in [0.2, 0.25) is 5.02 Å². The lowest BCUT2D eigenvalue weighted by Gasteiger charge is -2.18. The van der Waals surface area contributed by atoms with Crippen LogP contribution in [0.1, 0.15) is 71.4 Å². The van der Waals surface area contributed by atoms with Gasteiger partial charge in [-0.1, -0.05) is 70.8 Å². The first-order chi connectivity index (χ1) is 27.0. The second-order valence-electron chi connectivity index (χ2n) is 13.7. The van der Waals surface area contributed by atoms with Crippen LogP contribution < -0.4 is 18.9 Å². The zero-order valence-electron chi connectivity index (χ0n) is 33.6. The minimum atomic E-state index is 0.358. The first-order valence-corrected chi connectivity index (χ1v) is 20.6. The van der Waals surface area contributed by atoms with Gasteiger partial charge in [-0.2, -0.15) is 0 Å². The molecule has 296 valence electrons. The Morgan fingerprint density at radius 2 is 1.36 bits per heavy atom. The number of unbranched alkanes of at least 4 members (excludes halogenated alkanes) is 1. The number of hydrogen-bond donors (Lipinski definition) is 0. The van der Waals surface area contributed by atoms with Crippen LogP contribution >= 0.6 is 11.6 Å². The van der Waals surface area contributed by atoms with Gasteiger partial charge in [-0.3, -0.25) is 4.98 Å². The predicted molar refractivity (Wildman–Crippen MR) is 225 cm³/mol. The summed E-state index contributed by atoms with van der Waals surface area (Å²) >= 11 is 6.10. The normalized spacial score (nSPS) is 11.5. The Hall–Kier alpha value is -4.31. The third kappa shape index (κ3) is 12.3. The number of ether oxygens (including phenoxy) is 4. The van der Waals surface area contributed by atoms with Crippen molar-refractivity contribution in [3.63, 3.8) is 0 Å². The highest BCUT2D eigenvalue weighted by atomic mass is 35.5. The van der Waals surface area contributed by atoms with E-state index >= 15 is 0 Å². The Morgan fingerprint density at radius 1 is 0.673 bits per heavy atom. The molecule has 5 aromatic rings. The van der Waals surface area contributed by atoms with E-state index < -0.39 is 0 Å². The molecule has 0 aliphatic rings. The van der Waals surface area contributed by atoms with Gasteiger partial charge in [-0.25, -0.2) is 4.98 Å². The molecule has 0 radical (unpaired) electrons. The molecule has 2 aromatic heterocycles. The largest absolute Gasteiger partial charge is 0.493 e. The summed E-state index contributed by atoms with van der Waals surface area (Å²) in [5, 5.41) is 0.726. The Kier molecular flexibility index (Phi) is 17.0. The van der Waals surface area contributed by atoms with Crippen LogP contribution in [-0.4, -0.2) is 83.4 Å². The quantitative estimate of drug-likeness (QED) is 0.0544. The number of hydrogen-bond acceptors (Lipinski definition) is 8. The second kappa shape index (κ2) is 22.3. The van der Waals surface area contributed by atoms with Crippen LogP contribution in [0.4, 0.5) is 0 Å². The molecule has 0 saturated carbocycles. The van der Waals surface area contributed by atoms with Crippen LogP contribution in [0.15, 0.2) is 79.1 Å². The first kappa shape index (κ1) is 41.8. The molecule has 10 heteroatoms. The highest BCUT2D eigenvalue weighted by molar-refractivity contribution is 6.30. The molecule has 5 rings (SSSR count). The van der Waals surface area contributed by atoms with E-state index in [-0.39, 0.29) is 0 Å². The van der Waals surface area contributed by atoms with Gasteiger partial charge in [0, 0.05) is 67.2 Å². The molecule has 0 amide bonds. The smallest absolute Gasteiger partial charge is 0.150 e. The standard InChI is InChI=1S/C45H60ClN5O4/c1-6-11-26-51-41-30-39(52-27-13-24-49(7-2)8-3)32-43(54-28-14-25-50(9-4)10-5)44(41)48-45(51)40-21-20-38(53-29-22-35-16-18-37(46)19-17-35)31-42(40)55-34-36-15-12-23-47-33-36/h12,15-21,23,30-33H,6-11,13-14,22,24-29,34H2,1-5H3. The van der Waals surface area contributed by atoms with Crippen LogP contribution in [0.5, 0.6) is 23.0 Å². The van der Waals surface area contributed by atoms with E-state index in [4.69, 9.17) is 35.5 Å². The van der Waals surface area contributed by atoms with Crippen molar-refractivity contribution in [1.29, 1.82) is 0 Å². The number of pyridine rings is 1. The number of aryl methyl sites for hydroxylation is 1. The lowest BCUT2D eigenvalue weighted by molar-refractivity contribution is 0.243. The summed E-state index contributed by atoms with van der Waals surface area (Å²) in [6, 6.07) is 22.0. The summed E-state index contributed by atoms with van der Waals surface area (Å²) in [4.78, 5) is 14.5. The molecule has 0 aliphatic carbocycles. The van der Waals surface area contributed by atoms with Gasteiger partial charge in [0.2, 0.25) is 0 Å². The van der Waals surface area contributed by atoms with E-state index in [0.29, 0.717) is 32.2 Å². The summed E-state index contributed by atoms with van der Waals surface area (Å²) in [5.41, 5.74) is 4.84. The molecule has 0 fully saturated rings. The highest BCUT2D eigenvalue weighted by Gasteiger charge is 2.22. The molecule has 9 nitrogen and oxygen atoms in total. The molecule has 55 heavy (non-hydrogen) atoms. The zero-order valence-corrected chi connectivity index (χ0v) is 34.3. The molecule has 0 unspecified atom stereocenters. The van der Waals surface area contributed by atoms with Crippen LogP contribution in [0.3, 0.4) is 0 Å². The molecule has 2 heterocycles. The number of rotatable bonds is 25. The monoisotopic (exact) mass is 769 g/mol. The van der Waals surface area contributed by atoms with E-state index in [1.165, 1.54) is 0 Å². The number of benzene rings is 3. The minimum absolute atomic E-state index is 0.358. The Bertz CT molecular complexity index is 1860. The fourth-order valence-corrected chi connectivity index (χ4v) is 6.74. The van der Waals surface area contributed by atoms with E-state index in [2.05, 4.69) is 66.1 Å². The lowest BCUT2D eigenvalue weighted by Crippen LogP contribution is -2.25. The average molecular weight is 770 g/mol. The average Bonchev–Trinajstić information content (AvgIpc) is 3.58. The fourth-order valence-electron chi connectivity index (χ4n) is 6.62. The molecule has 0 aliphatic heterocycles. The summed E-state index contributed by atoms with van der Waals surface area (Å²) in [6.07, 6.45) is 8.27. The minimum Gasteiger partial charge on any atom is -0.493 e. The molecule has 0 atom stereocenters. The summed E-state index contributed by atoms with van der Waals surface area (Å²) in [6.45, 7) is 20.0. The van der Waals surface area contributed by atoms with Gasteiger partial charge in [0.05, 0.1) is 30.9 Å². The molecule has 0 saturated heterocycles. The molecular weight excluding hydrogens is 710 g/mol. The maximum atomic E-state index is 6.58. The van der Waals surface area contributed by atoms with Crippen LogP contribution in [-0.2, 0) is 19.6 Å². The molecular formula is C45H60ClN5O4. The van der Waals surface area contributed by atoms with Gasteiger partial charge in [-0.05, 0) is 81.3 Å². The topological polar surface area (TPSA) is 74.1 Å². The molecule has 0 N–H and O–H groups in total. The number of nitrogens with zero attached hydrogens (tertiary/aromatic N) is 5. The Labute approximate surface area is 333 Å². The molecule has 0 bridgehead atoms. The van der Waals surface area contributed by atoms with Crippen LogP contribution in [0, 0.1) is 0 Å². The van der Waals surface area contributed by atoms with E-state index in [9.17, 15) is 0 Å². The fraction of sp³-hybridized carbons (Fsp3) is 0.467. The van der Waals surface area contributed by atoms with Crippen molar-refractivity contribution in [1.82, 2.24) is 24.3 Å². The van der Waals surface area contributed by atoms with E-state index in [1.807, 2.05) is 60.8 Å². The predicted octanol–water partition coefficient (Wildman–Crippen LogP) is 9.97. The van der Waals surface area contributed by atoms with Gasteiger partial charge in [0.25, 0.3) is 0 Å². The third-order valence-electron chi connectivity index (χ3n) is 9.96. The van der Waals surface area contributed by atoms with Crippen molar-refractivity contribution < 1.29 is 18.9 Å². The van der Waals surface area contributed by atoms with Gasteiger partial charge >= 0.3 is 0 Å². The third-order valence-corrected chi connectivity index (χ3v) is 10.2. The lowest BCUT2D eigenvalue weighted by atomic mass is 10.1. The SMILES string of the molecule is CCCCn1c(-c2ccc(OCCc3ccc(Cl)cc3)cc2OCc2cccnc2)nc2c(OCCCN(CC)CC)cc(OCCCN(CC)CC)cc21. The summed E-state index contributed by atoms with van der Waals surface area (Å²) in [5.74, 6) is 3.78. The maximum absolute atomic E-state index is 6.58. The van der Waals surface area contributed by atoms with Crippen molar-refractivity contribution in [3.05, 3.63) is 95.3 Å². The van der Waals surface area contributed by atoms with Gasteiger partial charge in [0.1, 0.15) is 35.2 Å². The van der Waals surface area contributed by atoms with Gasteiger partial charge in [-0.15, -0.1) is 0 Å². The highest BCUT2D eigenvalue weighted by Crippen LogP contribution is 2.39. The number of fused-ring (bicyclic) bond motifs is 1. The van der Waals surface area contributed by atoms with E-state index in [1.54, 1.807) is 6.20 Å². The zero-order chi connectivity index (χ0) is 38.8. The number of aromatic nitrogens is 3. The first-order valence-electron chi connectivity index (χ1n) is 20.2. The van der Waals surface area contributed by atoms with Crippen molar-refractivity contribution in [3.8, 4) is 34.4 Å². The number of imidazole rings is 1. The summed E-state index contributed by atoms with van der Waals surface area (Å²) < 4.78 is 28.2. The summed E-state index contributed by atoms with van der Waals surface area (Å²) in [7, 11) is 0. The van der Waals surface area contributed by atoms with Crippen LogP contribution in [0.25, 0.3) is 22.4 Å². The van der Waals surface area contributed by atoms with Crippen molar-refractivity contribution in [2.45, 2.75) is 79.9 Å².